The van der Waals surface area contributed by atoms with Crippen molar-refractivity contribution in [3.05, 3.63) is 69.2 Å². The molecule has 200 valence electrons. The third-order valence-corrected chi connectivity index (χ3v) is 10.0. The van der Waals surface area contributed by atoms with Crippen molar-refractivity contribution < 1.29 is 23.5 Å². The second kappa shape index (κ2) is 9.99. The van der Waals surface area contributed by atoms with Gasteiger partial charge in [-0.2, -0.15) is 4.57 Å². The first-order valence-electron chi connectivity index (χ1n) is 13.6. The van der Waals surface area contributed by atoms with Gasteiger partial charge in [-0.1, -0.05) is 35.3 Å². The lowest BCUT2D eigenvalue weighted by Gasteiger charge is -2.20. The van der Waals surface area contributed by atoms with Crippen LogP contribution in [-0.2, 0) is 6.54 Å². The number of hydrogen-bond donors (Lipinski definition) is 0. The van der Waals surface area contributed by atoms with E-state index in [-0.39, 0.29) is 0 Å². The van der Waals surface area contributed by atoms with E-state index in [1.807, 2.05) is 0 Å². The van der Waals surface area contributed by atoms with E-state index in [2.05, 4.69) is 78.8 Å². The Kier molecular flexibility index (Phi) is 6.32. The summed E-state index contributed by atoms with van der Waals surface area (Å²) in [4.78, 5) is 3.58. The summed E-state index contributed by atoms with van der Waals surface area (Å²) < 4.78 is 26.0. The zero-order chi connectivity index (χ0) is 26.5. The number of rotatable bonds is 5. The minimum Gasteiger partial charge on any atom is -0.454 e. The first-order chi connectivity index (χ1) is 19.1. The van der Waals surface area contributed by atoms with Crippen LogP contribution in [-0.4, -0.2) is 20.1 Å². The molecule has 4 heterocycles. The fourth-order valence-electron chi connectivity index (χ4n) is 5.69. The molecule has 6 nitrogen and oxygen atoms in total. The number of nitrogens with zero attached hydrogens (tertiary/aromatic N) is 2. The van der Waals surface area contributed by atoms with Crippen LogP contribution in [0, 0.1) is 0 Å². The largest absolute Gasteiger partial charge is 0.454 e. The number of allylic oxidation sites excluding steroid dienone is 6. The fourth-order valence-corrected chi connectivity index (χ4v) is 7.97. The molecule has 0 N–H and O–H groups in total. The van der Waals surface area contributed by atoms with Gasteiger partial charge < -0.3 is 23.8 Å². The van der Waals surface area contributed by atoms with Gasteiger partial charge in [0.15, 0.2) is 23.0 Å². The predicted octanol–water partition coefficient (Wildman–Crippen LogP) is 7.58. The van der Waals surface area contributed by atoms with E-state index in [9.17, 15) is 0 Å². The number of anilines is 1. The van der Waals surface area contributed by atoms with Crippen LogP contribution in [0.25, 0.3) is 16.3 Å². The number of benzene rings is 2. The molecule has 3 aromatic rings. The number of thioether (sulfide) groups is 1. The minimum atomic E-state index is 0.305. The monoisotopic (exact) mass is 559 g/mol. The van der Waals surface area contributed by atoms with Crippen LogP contribution in [0.15, 0.2) is 69.1 Å². The molecule has 0 radical (unpaired) electrons. The Morgan fingerprint density at radius 1 is 0.897 bits per heavy atom. The van der Waals surface area contributed by atoms with Gasteiger partial charge in [0, 0.05) is 35.7 Å². The molecule has 0 spiro atoms. The highest BCUT2D eigenvalue weighted by Gasteiger charge is 2.28. The zero-order valence-electron chi connectivity index (χ0n) is 22.4. The third kappa shape index (κ3) is 4.30. The molecular formula is C31H31N2O4S2+. The van der Waals surface area contributed by atoms with Crippen molar-refractivity contribution in [2.45, 2.75) is 51.5 Å². The van der Waals surface area contributed by atoms with Crippen molar-refractivity contribution in [1.29, 1.82) is 0 Å². The summed E-state index contributed by atoms with van der Waals surface area (Å²) in [6, 6.07) is 8.44. The molecule has 7 rings (SSSR count). The molecule has 39 heavy (non-hydrogen) atoms. The van der Waals surface area contributed by atoms with Gasteiger partial charge in [0.25, 0.3) is 5.01 Å². The van der Waals surface area contributed by atoms with Crippen molar-refractivity contribution in [2.75, 3.05) is 25.0 Å². The van der Waals surface area contributed by atoms with Crippen LogP contribution in [0.4, 0.5) is 5.69 Å². The third-order valence-electron chi connectivity index (χ3n) is 7.79. The predicted molar refractivity (Wildman–Crippen MR) is 157 cm³/mol. The molecule has 0 saturated heterocycles. The Morgan fingerprint density at radius 3 is 2.41 bits per heavy atom. The number of hydrogen-bond acceptors (Lipinski definition) is 7. The maximum Gasteiger partial charge on any atom is 0.262 e. The van der Waals surface area contributed by atoms with E-state index in [1.165, 1.54) is 54.0 Å². The summed E-state index contributed by atoms with van der Waals surface area (Å²) in [5, 5.41) is 2.49. The SMILES string of the molecule is CCN1C(=CC=C2CCCC(C=Cc3sc4cc5c(cc4[n+]3CC)OCO5)=C2C)Sc2cc3c(cc21)OCO3. The van der Waals surface area contributed by atoms with E-state index in [4.69, 9.17) is 18.9 Å². The number of thiazole rings is 1. The van der Waals surface area contributed by atoms with Gasteiger partial charge in [-0.25, -0.2) is 0 Å². The molecule has 0 amide bonds. The second-order valence-electron chi connectivity index (χ2n) is 9.91. The van der Waals surface area contributed by atoms with Gasteiger partial charge in [0.2, 0.25) is 19.1 Å². The molecule has 3 aliphatic heterocycles. The molecule has 0 bridgehead atoms. The smallest absolute Gasteiger partial charge is 0.262 e. The molecule has 2 aromatic carbocycles. The molecular weight excluding hydrogens is 528 g/mol. The van der Waals surface area contributed by atoms with E-state index >= 15 is 0 Å². The standard InChI is InChI=1S/C31H31N2O4S2/c1-4-32-22-13-24-26(36-17-34-24)15-28(22)38-30(32)11-9-20-7-6-8-21(19(20)3)10-12-31-33(5-2)23-14-25-27(37-18-35-25)16-29(23)39-31/h9-16H,4-8,17-18H2,1-3H3/q+1. The lowest BCUT2D eigenvalue weighted by molar-refractivity contribution is -0.665. The summed E-state index contributed by atoms with van der Waals surface area (Å²) in [6.07, 6.45) is 12.6. The van der Waals surface area contributed by atoms with Crippen LogP contribution in [0.5, 0.6) is 23.0 Å². The van der Waals surface area contributed by atoms with Gasteiger partial charge in [0.1, 0.15) is 11.2 Å². The van der Waals surface area contributed by atoms with E-state index in [0.29, 0.717) is 13.6 Å². The molecule has 1 aliphatic carbocycles. The Labute approximate surface area is 236 Å². The first-order valence-corrected chi connectivity index (χ1v) is 15.2. The number of aromatic nitrogens is 1. The second-order valence-corrected chi connectivity index (χ2v) is 12.0. The van der Waals surface area contributed by atoms with Crippen LogP contribution >= 0.6 is 23.1 Å². The highest BCUT2D eigenvalue weighted by atomic mass is 32.2. The first kappa shape index (κ1) is 24.7. The summed E-state index contributed by atoms with van der Waals surface area (Å²) in [7, 11) is 0. The molecule has 1 aromatic heterocycles. The molecule has 0 fully saturated rings. The minimum absolute atomic E-state index is 0.305. The quantitative estimate of drug-likeness (QED) is 0.300. The Hall–Kier alpha value is -3.36. The number of aryl methyl sites for hydroxylation is 1. The normalized spacial score (nSPS) is 19.9. The average molecular weight is 560 g/mol. The van der Waals surface area contributed by atoms with E-state index in [0.717, 1.165) is 48.9 Å². The van der Waals surface area contributed by atoms with Crippen molar-refractivity contribution in [3.63, 3.8) is 0 Å². The lowest BCUT2D eigenvalue weighted by Crippen LogP contribution is -2.33. The van der Waals surface area contributed by atoms with Crippen LogP contribution in [0.2, 0.25) is 0 Å². The summed E-state index contributed by atoms with van der Waals surface area (Å²) >= 11 is 3.61. The van der Waals surface area contributed by atoms with Gasteiger partial charge in [-0.05, 0) is 62.8 Å². The van der Waals surface area contributed by atoms with Crippen LogP contribution < -0.4 is 28.4 Å². The fraction of sp³-hybridized carbons (Fsp3) is 0.323. The maximum absolute atomic E-state index is 5.62. The molecule has 4 aliphatic rings. The molecule has 0 saturated carbocycles. The van der Waals surface area contributed by atoms with E-state index in [1.54, 1.807) is 23.1 Å². The Bertz CT molecular complexity index is 1610. The molecule has 8 heteroatoms. The highest BCUT2D eigenvalue weighted by Crippen LogP contribution is 2.51. The van der Waals surface area contributed by atoms with Crippen LogP contribution in [0.3, 0.4) is 0 Å². The van der Waals surface area contributed by atoms with Crippen molar-refractivity contribution in [1.82, 2.24) is 0 Å². The van der Waals surface area contributed by atoms with Gasteiger partial charge in [0.05, 0.1) is 16.8 Å². The lowest BCUT2D eigenvalue weighted by atomic mass is 9.88. The summed E-state index contributed by atoms with van der Waals surface area (Å²) in [5.74, 6) is 3.36. The molecule has 0 atom stereocenters. The average Bonchev–Trinajstić information content (AvgIpc) is 3.72. The van der Waals surface area contributed by atoms with Crippen molar-refractivity contribution in [3.8, 4) is 23.0 Å². The topological polar surface area (TPSA) is 44.0 Å². The highest BCUT2D eigenvalue weighted by molar-refractivity contribution is 8.03. The van der Waals surface area contributed by atoms with Crippen LogP contribution in [0.1, 0.15) is 45.0 Å². The summed E-state index contributed by atoms with van der Waals surface area (Å²) in [5.41, 5.74) is 6.63. The number of fused-ring (bicyclic) bond motifs is 4. The Morgan fingerprint density at radius 2 is 1.64 bits per heavy atom. The van der Waals surface area contributed by atoms with Gasteiger partial charge in [-0.3, -0.25) is 0 Å². The van der Waals surface area contributed by atoms with Gasteiger partial charge in [-0.15, -0.1) is 0 Å². The van der Waals surface area contributed by atoms with Gasteiger partial charge >= 0.3 is 0 Å². The number of ether oxygens (including phenoxy) is 4. The van der Waals surface area contributed by atoms with Crippen molar-refractivity contribution in [2.24, 2.45) is 0 Å². The Balaban J connectivity index is 1.16. The zero-order valence-corrected chi connectivity index (χ0v) is 24.0. The summed E-state index contributed by atoms with van der Waals surface area (Å²) in [6.45, 7) is 9.09. The van der Waals surface area contributed by atoms with E-state index < -0.39 is 0 Å². The van der Waals surface area contributed by atoms with Crippen molar-refractivity contribution >= 4 is 45.1 Å². The molecule has 0 unspecified atom stereocenters. The maximum atomic E-state index is 5.62.